The van der Waals surface area contributed by atoms with Crippen molar-refractivity contribution in [1.29, 1.82) is 0 Å². The van der Waals surface area contributed by atoms with Crippen molar-refractivity contribution in [2.75, 3.05) is 6.54 Å². The minimum atomic E-state index is -3.81. The van der Waals surface area contributed by atoms with Crippen molar-refractivity contribution in [2.24, 2.45) is 11.3 Å². The van der Waals surface area contributed by atoms with E-state index in [1.54, 1.807) is 0 Å². The molecule has 1 aromatic carbocycles. The topological polar surface area (TPSA) is 104 Å². The predicted molar refractivity (Wildman–Crippen MR) is 78.9 cm³/mol. The van der Waals surface area contributed by atoms with Gasteiger partial charge in [0.05, 0.1) is 4.90 Å². The molecule has 0 fully saturated rings. The summed E-state index contributed by atoms with van der Waals surface area (Å²) in [5.41, 5.74) is -0.495. The fourth-order valence-corrected chi connectivity index (χ4v) is 2.63. The zero-order valence-corrected chi connectivity index (χ0v) is 13.4. The molecule has 0 saturated heterocycles. The van der Waals surface area contributed by atoms with Gasteiger partial charge in [-0.1, -0.05) is 27.7 Å². The minimum absolute atomic E-state index is 0.0519. The van der Waals surface area contributed by atoms with Crippen LogP contribution in [0.4, 0.5) is 0 Å². The van der Waals surface area contributed by atoms with Gasteiger partial charge in [0.15, 0.2) is 0 Å². The number of aromatic carboxylic acids is 1. The van der Waals surface area contributed by atoms with Gasteiger partial charge in [-0.25, -0.2) is 17.9 Å². The van der Waals surface area contributed by atoms with Crippen molar-refractivity contribution in [3.63, 3.8) is 0 Å². The number of hydrogen-bond donors (Lipinski definition) is 3. The number of benzene rings is 1. The number of nitrogens with one attached hydrogen (secondary N) is 1. The van der Waals surface area contributed by atoms with Gasteiger partial charge in [-0.05, 0) is 29.5 Å². The summed E-state index contributed by atoms with van der Waals surface area (Å²) in [6.07, 6.45) is 0. The van der Waals surface area contributed by atoms with Gasteiger partial charge in [-0.3, -0.25) is 0 Å². The second-order valence-electron chi connectivity index (χ2n) is 6.10. The van der Waals surface area contributed by atoms with E-state index in [9.17, 15) is 18.3 Å². The molecule has 1 atom stereocenters. The Morgan fingerprint density at radius 2 is 1.90 bits per heavy atom. The summed E-state index contributed by atoms with van der Waals surface area (Å²) in [5, 5.41) is 18.3. The molecule has 0 aliphatic heterocycles. The highest BCUT2D eigenvalue weighted by atomic mass is 32.2. The second-order valence-corrected chi connectivity index (χ2v) is 7.87. The van der Waals surface area contributed by atoms with E-state index in [0.717, 1.165) is 12.1 Å². The number of carboxylic acid groups (broad SMARTS) is 1. The number of sulfonamides is 1. The van der Waals surface area contributed by atoms with Crippen LogP contribution in [0.15, 0.2) is 23.1 Å². The normalized spacial score (nSPS) is 13.9. The van der Waals surface area contributed by atoms with Gasteiger partial charge in [0, 0.05) is 6.54 Å². The molecule has 3 N–H and O–H groups in total. The average molecular weight is 315 g/mol. The molecular formula is C14H21NO5S. The average Bonchev–Trinajstić information content (AvgIpc) is 2.34. The summed E-state index contributed by atoms with van der Waals surface area (Å²) >= 11 is 0. The monoisotopic (exact) mass is 315 g/mol. The molecule has 1 aromatic rings. The second kappa shape index (κ2) is 6.03. The van der Waals surface area contributed by atoms with Crippen molar-refractivity contribution in [3.05, 3.63) is 23.8 Å². The van der Waals surface area contributed by atoms with Crippen LogP contribution in [0.25, 0.3) is 0 Å². The van der Waals surface area contributed by atoms with Crippen LogP contribution in [0.5, 0.6) is 5.75 Å². The van der Waals surface area contributed by atoms with Crippen LogP contribution in [0.2, 0.25) is 0 Å². The third-order valence-electron chi connectivity index (χ3n) is 3.57. The first-order chi connectivity index (χ1) is 9.45. The number of carboxylic acids is 1. The van der Waals surface area contributed by atoms with Gasteiger partial charge in [0.2, 0.25) is 10.0 Å². The van der Waals surface area contributed by atoms with Crippen molar-refractivity contribution in [2.45, 2.75) is 32.6 Å². The highest BCUT2D eigenvalue weighted by Gasteiger charge is 2.24. The standard InChI is InChI=1S/C14H21NO5S/c1-9(14(2,3)4)8-15-21(19,20)10-5-6-12(16)11(7-10)13(17)18/h5-7,9,15-16H,8H2,1-4H3,(H,17,18). The Morgan fingerprint density at radius 1 is 1.33 bits per heavy atom. The highest BCUT2D eigenvalue weighted by Crippen LogP contribution is 2.25. The van der Waals surface area contributed by atoms with E-state index in [-0.39, 0.29) is 22.8 Å². The van der Waals surface area contributed by atoms with Crippen molar-refractivity contribution >= 4 is 16.0 Å². The molecule has 6 nitrogen and oxygen atoms in total. The molecule has 118 valence electrons. The molecule has 0 aromatic heterocycles. The van der Waals surface area contributed by atoms with Gasteiger partial charge >= 0.3 is 5.97 Å². The molecule has 0 aliphatic rings. The van der Waals surface area contributed by atoms with E-state index < -0.39 is 27.3 Å². The van der Waals surface area contributed by atoms with Crippen LogP contribution in [0.3, 0.4) is 0 Å². The van der Waals surface area contributed by atoms with E-state index >= 15 is 0 Å². The summed E-state index contributed by atoms with van der Waals surface area (Å²) in [6.45, 7) is 8.20. The lowest BCUT2D eigenvalue weighted by Crippen LogP contribution is -2.33. The van der Waals surface area contributed by atoms with Gasteiger partial charge in [0.25, 0.3) is 0 Å². The quantitative estimate of drug-likeness (QED) is 0.771. The molecule has 0 spiro atoms. The van der Waals surface area contributed by atoms with Crippen molar-refractivity contribution < 1.29 is 23.4 Å². The summed E-state index contributed by atoms with van der Waals surface area (Å²) in [5.74, 6) is -1.75. The maximum Gasteiger partial charge on any atom is 0.339 e. The number of carbonyl (C=O) groups is 1. The lowest BCUT2D eigenvalue weighted by Gasteiger charge is -2.27. The Hall–Kier alpha value is -1.60. The van der Waals surface area contributed by atoms with E-state index in [0.29, 0.717) is 0 Å². The molecule has 0 saturated carbocycles. The molecule has 0 aliphatic carbocycles. The van der Waals surface area contributed by atoms with Crippen LogP contribution in [0, 0.1) is 11.3 Å². The first-order valence-corrected chi connectivity index (χ1v) is 7.99. The van der Waals surface area contributed by atoms with E-state index in [2.05, 4.69) is 4.72 Å². The van der Waals surface area contributed by atoms with Crippen LogP contribution < -0.4 is 4.72 Å². The van der Waals surface area contributed by atoms with Crippen LogP contribution in [0.1, 0.15) is 38.1 Å². The lowest BCUT2D eigenvalue weighted by atomic mass is 9.82. The van der Waals surface area contributed by atoms with Gasteiger partial charge in [-0.2, -0.15) is 0 Å². The zero-order chi connectivity index (χ0) is 16.4. The summed E-state index contributed by atoms with van der Waals surface area (Å²) < 4.78 is 26.8. The Balaban J connectivity index is 2.99. The molecule has 1 rings (SSSR count). The molecular weight excluding hydrogens is 294 g/mol. The molecule has 7 heteroatoms. The van der Waals surface area contributed by atoms with E-state index in [1.165, 1.54) is 6.07 Å². The summed E-state index contributed by atoms with van der Waals surface area (Å²) in [7, 11) is -3.81. The van der Waals surface area contributed by atoms with Crippen LogP contribution in [-0.4, -0.2) is 31.1 Å². The molecule has 21 heavy (non-hydrogen) atoms. The zero-order valence-electron chi connectivity index (χ0n) is 12.5. The number of aromatic hydroxyl groups is 1. The number of hydrogen-bond acceptors (Lipinski definition) is 4. The van der Waals surface area contributed by atoms with E-state index in [4.69, 9.17) is 5.11 Å². The minimum Gasteiger partial charge on any atom is -0.507 e. The summed E-state index contributed by atoms with van der Waals surface area (Å²) in [4.78, 5) is 10.7. The molecule has 0 radical (unpaired) electrons. The first kappa shape index (κ1) is 17.5. The number of rotatable bonds is 5. The Bertz CT molecular complexity index is 631. The van der Waals surface area contributed by atoms with Crippen molar-refractivity contribution in [1.82, 2.24) is 4.72 Å². The SMILES string of the molecule is CC(CNS(=O)(=O)c1ccc(O)c(C(=O)O)c1)C(C)(C)C. The number of phenols is 1. The fourth-order valence-electron chi connectivity index (χ4n) is 1.48. The largest absolute Gasteiger partial charge is 0.507 e. The molecule has 0 heterocycles. The van der Waals surface area contributed by atoms with Crippen molar-refractivity contribution in [3.8, 4) is 5.75 Å². The van der Waals surface area contributed by atoms with Crippen LogP contribution >= 0.6 is 0 Å². The third kappa shape index (κ3) is 4.44. The lowest BCUT2D eigenvalue weighted by molar-refractivity contribution is 0.0693. The first-order valence-electron chi connectivity index (χ1n) is 6.51. The Labute approximate surface area is 124 Å². The van der Waals surface area contributed by atoms with E-state index in [1.807, 2.05) is 27.7 Å². The highest BCUT2D eigenvalue weighted by molar-refractivity contribution is 7.89. The molecule has 0 amide bonds. The fraction of sp³-hybridized carbons (Fsp3) is 0.500. The predicted octanol–water partition coefficient (Wildman–Crippen LogP) is 2.05. The van der Waals surface area contributed by atoms with Crippen LogP contribution in [-0.2, 0) is 10.0 Å². The smallest absolute Gasteiger partial charge is 0.339 e. The Kier molecular flexibility index (Phi) is 5.01. The Morgan fingerprint density at radius 3 is 2.38 bits per heavy atom. The van der Waals surface area contributed by atoms with Gasteiger partial charge in [-0.15, -0.1) is 0 Å². The molecule has 0 bridgehead atoms. The van der Waals surface area contributed by atoms with Gasteiger partial charge < -0.3 is 10.2 Å². The maximum atomic E-state index is 12.2. The third-order valence-corrected chi connectivity index (χ3v) is 4.99. The maximum absolute atomic E-state index is 12.2. The summed E-state index contributed by atoms with van der Waals surface area (Å²) in [6, 6.07) is 3.18. The van der Waals surface area contributed by atoms with Gasteiger partial charge in [0.1, 0.15) is 11.3 Å². The molecule has 1 unspecified atom stereocenters.